The molecule has 0 N–H and O–H groups in total. The summed E-state index contributed by atoms with van der Waals surface area (Å²) in [6.45, 7) is 13.5. The molecule has 6 nitrogen and oxygen atoms in total. The molecule has 42 heavy (non-hydrogen) atoms. The topological polar surface area (TPSA) is 67.1 Å². The van der Waals surface area contributed by atoms with Crippen molar-refractivity contribution in [2.24, 2.45) is 17.3 Å². The molecule has 0 saturated heterocycles. The minimum absolute atomic E-state index is 0.0362. The molecule has 2 fully saturated rings. The molecule has 0 amide bonds. The van der Waals surface area contributed by atoms with E-state index < -0.39 is 13.9 Å². The van der Waals surface area contributed by atoms with Crippen LogP contribution < -0.4 is 13.9 Å². The summed E-state index contributed by atoms with van der Waals surface area (Å²) in [5.74, 6) is 4.24. The number of ether oxygens (including phenoxy) is 3. The van der Waals surface area contributed by atoms with E-state index in [-0.39, 0.29) is 16.4 Å². The molecule has 2 heterocycles. The van der Waals surface area contributed by atoms with Gasteiger partial charge >= 0.3 is 5.97 Å². The van der Waals surface area contributed by atoms with Crippen LogP contribution >= 0.6 is 0 Å². The van der Waals surface area contributed by atoms with Crippen LogP contribution in [0.5, 0.6) is 17.2 Å². The first kappa shape index (κ1) is 27.9. The van der Waals surface area contributed by atoms with E-state index in [4.69, 9.17) is 23.1 Å². The minimum atomic E-state index is -2.11. The second-order valence-electron chi connectivity index (χ2n) is 14.9. The summed E-state index contributed by atoms with van der Waals surface area (Å²) < 4.78 is 31.2. The highest BCUT2D eigenvalue weighted by Gasteiger charge is 2.69. The summed E-state index contributed by atoms with van der Waals surface area (Å²) in [5, 5.41) is 0.773. The van der Waals surface area contributed by atoms with E-state index in [1.54, 1.807) is 14.2 Å². The summed E-state index contributed by atoms with van der Waals surface area (Å²) in [6, 6.07) is 10.5. The number of methoxy groups -OCH3 is 2. The van der Waals surface area contributed by atoms with Crippen molar-refractivity contribution in [1.29, 1.82) is 0 Å². The maximum absolute atomic E-state index is 13.8. The summed E-state index contributed by atoms with van der Waals surface area (Å²) in [4.78, 5) is 13.8. The number of aryl methyl sites for hydroxylation is 1. The fourth-order valence-electron chi connectivity index (χ4n) is 8.77. The maximum atomic E-state index is 13.8. The van der Waals surface area contributed by atoms with E-state index >= 15 is 0 Å². The van der Waals surface area contributed by atoms with Crippen molar-refractivity contribution < 1.29 is 27.8 Å². The van der Waals surface area contributed by atoms with Crippen molar-refractivity contribution in [1.82, 2.24) is 0 Å². The first-order valence-corrected chi connectivity index (χ1v) is 18.5. The number of carbonyl (C=O) groups is 1. The van der Waals surface area contributed by atoms with Gasteiger partial charge in [-0.3, -0.25) is 0 Å². The average molecular weight is 589 g/mol. The molecule has 2 saturated carbocycles. The molecule has 7 heteroatoms. The zero-order chi connectivity index (χ0) is 29.8. The first-order chi connectivity index (χ1) is 19.8. The lowest BCUT2D eigenvalue weighted by Crippen LogP contribution is -2.49. The Bertz CT molecular complexity index is 1600. The molecule has 1 aromatic heterocycles. The van der Waals surface area contributed by atoms with Gasteiger partial charge in [-0.25, -0.2) is 4.79 Å². The van der Waals surface area contributed by atoms with Gasteiger partial charge in [-0.15, -0.1) is 0 Å². The summed E-state index contributed by atoms with van der Waals surface area (Å²) in [7, 11) is 1.28. The van der Waals surface area contributed by atoms with Gasteiger partial charge in [-0.2, -0.15) is 0 Å². The third kappa shape index (κ3) is 3.64. The van der Waals surface area contributed by atoms with Gasteiger partial charge in [0.05, 0.1) is 14.2 Å². The number of furan rings is 1. The van der Waals surface area contributed by atoms with E-state index in [1.807, 2.05) is 12.1 Å². The fourth-order valence-corrected chi connectivity index (χ4v) is 9.78. The maximum Gasteiger partial charge on any atom is 0.343 e. The molecule has 1 spiro atoms. The number of esters is 1. The van der Waals surface area contributed by atoms with Gasteiger partial charge in [0, 0.05) is 16.9 Å². The highest BCUT2D eigenvalue weighted by atomic mass is 28.4. The Hall–Kier alpha value is -2.93. The molecular formula is C35H44O6Si. The lowest BCUT2D eigenvalue weighted by atomic mass is 9.53. The van der Waals surface area contributed by atoms with E-state index in [2.05, 4.69) is 59.0 Å². The normalized spacial score (nSPS) is 30.0. The SMILES string of the molecule is COc1ccc2c(c1)CC[C@@H]1[C@@H]2CC[C@@]2(C)[C@H]1CCC21OC(=O)c2c1oc1c(OC)cc(O[Si](C)(C)C(C)(C)C)cc21. The smallest absolute Gasteiger partial charge is 0.343 e. The van der Waals surface area contributed by atoms with Gasteiger partial charge < -0.3 is 23.1 Å². The predicted molar refractivity (Wildman–Crippen MR) is 165 cm³/mol. The number of hydrogen-bond acceptors (Lipinski definition) is 6. The van der Waals surface area contributed by atoms with Gasteiger partial charge in [-0.1, -0.05) is 33.8 Å². The number of hydrogen-bond donors (Lipinski definition) is 0. The monoisotopic (exact) mass is 588 g/mol. The summed E-state index contributed by atoms with van der Waals surface area (Å²) in [5.41, 5.74) is 3.15. The average Bonchev–Trinajstić information content (AvgIpc) is 3.56. The van der Waals surface area contributed by atoms with Crippen LogP contribution in [0.1, 0.15) is 93.0 Å². The van der Waals surface area contributed by atoms with E-state index in [0.29, 0.717) is 40.4 Å². The van der Waals surface area contributed by atoms with Gasteiger partial charge in [0.1, 0.15) is 17.1 Å². The molecule has 224 valence electrons. The van der Waals surface area contributed by atoms with E-state index in [0.717, 1.165) is 55.4 Å². The molecule has 1 unspecified atom stereocenters. The Morgan fingerprint density at radius 2 is 1.76 bits per heavy atom. The van der Waals surface area contributed by atoms with Crippen LogP contribution in [0.2, 0.25) is 18.1 Å². The van der Waals surface area contributed by atoms with Crippen LogP contribution in [0.4, 0.5) is 0 Å². The van der Waals surface area contributed by atoms with Crippen LogP contribution in [0.3, 0.4) is 0 Å². The third-order valence-electron chi connectivity index (χ3n) is 12.0. The Labute approximate surface area is 250 Å². The van der Waals surface area contributed by atoms with Crippen LogP contribution in [0.25, 0.3) is 11.0 Å². The number of rotatable bonds is 4. The fraction of sp³-hybridized carbons (Fsp3) is 0.571. The van der Waals surface area contributed by atoms with Crippen molar-refractivity contribution in [3.63, 3.8) is 0 Å². The van der Waals surface area contributed by atoms with E-state index in [9.17, 15) is 4.79 Å². The van der Waals surface area contributed by atoms with Gasteiger partial charge in [0.2, 0.25) is 8.32 Å². The number of fused-ring (bicyclic) bond motifs is 10. The number of carbonyl (C=O) groups excluding carboxylic acids is 1. The highest BCUT2D eigenvalue weighted by molar-refractivity contribution is 6.74. The lowest BCUT2D eigenvalue weighted by Gasteiger charge is -2.52. The Balaban J connectivity index is 1.29. The molecule has 2 aromatic carbocycles. The van der Waals surface area contributed by atoms with E-state index in [1.165, 1.54) is 11.1 Å². The van der Waals surface area contributed by atoms with Crippen molar-refractivity contribution in [2.75, 3.05) is 14.2 Å². The number of benzene rings is 2. The van der Waals surface area contributed by atoms with Crippen molar-refractivity contribution in [3.05, 3.63) is 52.8 Å². The standard InChI is InChI=1S/C35H44O6Si/c1-33(2,3)42(7,8)41-22-18-26-29-31(39-30(26)28(19-22)38-6)35(40-32(29)36)16-14-27-25-11-9-20-17-21(37-5)10-12-23(20)24(25)13-15-34(27,35)4/h10,12,17-19,24-25,27H,9,11,13-16H2,1-8H3/t24-,25-,27+,34+,35?/m1/s1. The second-order valence-corrected chi connectivity index (χ2v) is 19.6. The molecule has 5 atom stereocenters. The summed E-state index contributed by atoms with van der Waals surface area (Å²) >= 11 is 0. The predicted octanol–water partition coefficient (Wildman–Crippen LogP) is 8.76. The van der Waals surface area contributed by atoms with Crippen LogP contribution in [-0.2, 0) is 16.8 Å². The summed E-state index contributed by atoms with van der Waals surface area (Å²) in [6.07, 6.45) is 6.12. The molecule has 1 aliphatic heterocycles. The zero-order valence-corrected chi connectivity index (χ0v) is 27.3. The van der Waals surface area contributed by atoms with Gasteiger partial charge in [0.25, 0.3) is 0 Å². The van der Waals surface area contributed by atoms with Crippen LogP contribution in [0, 0.1) is 17.3 Å². The Morgan fingerprint density at radius 1 is 0.976 bits per heavy atom. The Morgan fingerprint density at radius 3 is 2.48 bits per heavy atom. The minimum Gasteiger partial charge on any atom is -0.543 e. The third-order valence-corrected chi connectivity index (χ3v) is 16.4. The van der Waals surface area contributed by atoms with Crippen LogP contribution in [0.15, 0.2) is 34.7 Å². The molecule has 3 aromatic rings. The lowest BCUT2D eigenvalue weighted by molar-refractivity contribution is -0.117. The van der Waals surface area contributed by atoms with Crippen LogP contribution in [-0.4, -0.2) is 28.5 Å². The zero-order valence-electron chi connectivity index (χ0n) is 26.3. The molecule has 4 aliphatic rings. The molecular weight excluding hydrogens is 544 g/mol. The Kier molecular flexibility index (Phi) is 6.00. The van der Waals surface area contributed by atoms with Crippen molar-refractivity contribution >= 4 is 25.3 Å². The van der Waals surface area contributed by atoms with Crippen molar-refractivity contribution in [2.45, 2.75) is 95.9 Å². The molecule has 7 rings (SSSR count). The van der Waals surface area contributed by atoms with Gasteiger partial charge in [-0.05, 0) is 104 Å². The second kappa shape index (κ2) is 9.04. The molecule has 0 radical (unpaired) electrons. The quantitative estimate of drug-likeness (QED) is 0.224. The molecule has 0 bridgehead atoms. The molecule has 3 aliphatic carbocycles. The van der Waals surface area contributed by atoms with Gasteiger partial charge in [0.15, 0.2) is 22.7 Å². The first-order valence-electron chi connectivity index (χ1n) is 15.6. The highest BCUT2D eigenvalue weighted by Crippen LogP contribution is 2.70. The largest absolute Gasteiger partial charge is 0.543 e. The van der Waals surface area contributed by atoms with Crippen molar-refractivity contribution in [3.8, 4) is 17.2 Å².